The van der Waals surface area contributed by atoms with E-state index in [1.807, 2.05) is 0 Å². The molecule has 6 heteroatoms. The maximum absolute atomic E-state index is 11.3. The van der Waals surface area contributed by atoms with Gasteiger partial charge in [-0.05, 0) is 18.2 Å². The van der Waals surface area contributed by atoms with Crippen molar-refractivity contribution in [2.24, 2.45) is 0 Å². The molecular formula is C17H16O6. The van der Waals surface area contributed by atoms with Crippen molar-refractivity contribution in [1.82, 2.24) is 0 Å². The van der Waals surface area contributed by atoms with Crippen molar-refractivity contribution in [2.45, 2.75) is 6.42 Å². The average molecular weight is 316 g/mol. The monoisotopic (exact) mass is 316 g/mol. The second-order valence-electron chi connectivity index (χ2n) is 4.97. The molecule has 0 saturated carbocycles. The van der Waals surface area contributed by atoms with Gasteiger partial charge in [-0.1, -0.05) is 6.07 Å². The fraction of sp³-hybridized carbons (Fsp3) is 0.235. The third-order valence-electron chi connectivity index (χ3n) is 3.78. The normalized spacial score (nSPS) is 12.1. The van der Waals surface area contributed by atoms with Gasteiger partial charge in [0.25, 0.3) is 0 Å². The number of rotatable bonds is 5. The summed E-state index contributed by atoms with van der Waals surface area (Å²) < 4.78 is 21.2. The summed E-state index contributed by atoms with van der Waals surface area (Å²) in [5.41, 5.74) is 1.75. The molecule has 0 amide bonds. The fourth-order valence-corrected chi connectivity index (χ4v) is 2.62. The van der Waals surface area contributed by atoms with E-state index in [9.17, 15) is 9.90 Å². The lowest BCUT2D eigenvalue weighted by atomic mass is 9.97. The van der Waals surface area contributed by atoms with Gasteiger partial charge >= 0.3 is 0 Å². The third-order valence-corrected chi connectivity index (χ3v) is 3.78. The van der Waals surface area contributed by atoms with E-state index in [1.54, 1.807) is 24.3 Å². The van der Waals surface area contributed by atoms with E-state index >= 15 is 0 Å². The molecule has 6 nitrogen and oxygen atoms in total. The summed E-state index contributed by atoms with van der Waals surface area (Å²) in [6, 6.07) is 6.80. The molecule has 1 aliphatic heterocycles. The van der Waals surface area contributed by atoms with Crippen LogP contribution in [0.25, 0.3) is 0 Å². The predicted molar refractivity (Wildman–Crippen MR) is 82.0 cm³/mol. The van der Waals surface area contributed by atoms with E-state index in [0.29, 0.717) is 40.4 Å². The van der Waals surface area contributed by atoms with Crippen LogP contribution in [-0.4, -0.2) is 32.4 Å². The van der Waals surface area contributed by atoms with Crippen LogP contribution in [0.4, 0.5) is 0 Å². The first kappa shape index (κ1) is 15.0. The Hall–Kier alpha value is -2.89. The van der Waals surface area contributed by atoms with Crippen molar-refractivity contribution in [3.05, 3.63) is 41.0 Å². The minimum absolute atomic E-state index is 0.0276. The van der Waals surface area contributed by atoms with Crippen molar-refractivity contribution in [3.63, 3.8) is 0 Å². The molecule has 2 aromatic rings. The Morgan fingerprint density at radius 3 is 2.70 bits per heavy atom. The Labute approximate surface area is 133 Å². The summed E-state index contributed by atoms with van der Waals surface area (Å²) in [4.78, 5) is 11.3. The van der Waals surface area contributed by atoms with Crippen LogP contribution in [0.3, 0.4) is 0 Å². The Morgan fingerprint density at radius 2 is 2.00 bits per heavy atom. The highest BCUT2D eigenvalue weighted by molar-refractivity contribution is 5.80. The number of ether oxygens (including phenoxy) is 4. The lowest BCUT2D eigenvalue weighted by Gasteiger charge is -2.14. The molecule has 0 bridgehead atoms. The van der Waals surface area contributed by atoms with Gasteiger partial charge in [-0.25, -0.2) is 0 Å². The molecule has 120 valence electrons. The topological polar surface area (TPSA) is 74.2 Å². The first-order valence-corrected chi connectivity index (χ1v) is 6.99. The molecule has 0 radical (unpaired) electrons. The molecule has 0 spiro atoms. The molecule has 0 saturated heterocycles. The van der Waals surface area contributed by atoms with Crippen molar-refractivity contribution in [2.75, 3.05) is 21.0 Å². The summed E-state index contributed by atoms with van der Waals surface area (Å²) >= 11 is 0. The zero-order valence-corrected chi connectivity index (χ0v) is 12.8. The van der Waals surface area contributed by atoms with Crippen LogP contribution in [0.5, 0.6) is 28.7 Å². The lowest BCUT2D eigenvalue weighted by molar-refractivity contribution is 0.112. The fourth-order valence-electron chi connectivity index (χ4n) is 2.62. The first-order chi connectivity index (χ1) is 11.2. The maximum atomic E-state index is 11.3. The summed E-state index contributed by atoms with van der Waals surface area (Å²) in [6.45, 7) is 0.114. The van der Waals surface area contributed by atoms with E-state index < -0.39 is 0 Å². The number of phenols is 1. The molecule has 3 rings (SSSR count). The van der Waals surface area contributed by atoms with Crippen LogP contribution >= 0.6 is 0 Å². The number of carbonyl (C=O) groups is 1. The van der Waals surface area contributed by atoms with Gasteiger partial charge < -0.3 is 24.1 Å². The number of hydrogen-bond acceptors (Lipinski definition) is 6. The number of benzene rings is 2. The minimum Gasteiger partial charge on any atom is -0.504 e. The van der Waals surface area contributed by atoms with Gasteiger partial charge in [0.05, 0.1) is 14.2 Å². The van der Waals surface area contributed by atoms with Gasteiger partial charge in [0.15, 0.2) is 23.0 Å². The first-order valence-electron chi connectivity index (χ1n) is 6.99. The van der Waals surface area contributed by atoms with Crippen molar-refractivity contribution in [1.29, 1.82) is 0 Å². The molecule has 0 aromatic heterocycles. The van der Waals surface area contributed by atoms with Crippen LogP contribution in [0.15, 0.2) is 24.3 Å². The smallest absolute Gasteiger partial charge is 0.231 e. The number of carbonyl (C=O) groups excluding carboxylic acids is 1. The standard InChI is InChI=1S/C17H16O6/c1-20-13-5-3-10(15(19)17(13)21-2)7-12-11(8-18)4-6-14-16(12)23-9-22-14/h3-6,8,19H,7,9H2,1-2H3. The molecule has 0 fully saturated rings. The minimum atomic E-state index is -0.0276. The van der Waals surface area contributed by atoms with Crippen molar-refractivity contribution >= 4 is 6.29 Å². The molecule has 0 atom stereocenters. The largest absolute Gasteiger partial charge is 0.504 e. The van der Waals surface area contributed by atoms with Gasteiger partial charge in [-0.2, -0.15) is 0 Å². The number of methoxy groups -OCH3 is 2. The molecule has 1 N–H and O–H groups in total. The predicted octanol–water partition coefficient (Wildman–Crippen LogP) is 2.54. The maximum Gasteiger partial charge on any atom is 0.231 e. The summed E-state index contributed by atoms with van der Waals surface area (Å²) in [5.74, 6) is 1.78. The van der Waals surface area contributed by atoms with E-state index in [4.69, 9.17) is 18.9 Å². The second kappa shape index (κ2) is 6.08. The quantitative estimate of drug-likeness (QED) is 0.855. The summed E-state index contributed by atoms with van der Waals surface area (Å²) in [6.07, 6.45) is 1.06. The molecule has 0 unspecified atom stereocenters. The van der Waals surface area contributed by atoms with Gasteiger partial charge in [0.1, 0.15) is 6.29 Å². The highest BCUT2D eigenvalue weighted by Gasteiger charge is 2.23. The Kier molecular flexibility index (Phi) is 3.97. The highest BCUT2D eigenvalue weighted by Crippen LogP contribution is 2.43. The van der Waals surface area contributed by atoms with Crippen LogP contribution in [0.2, 0.25) is 0 Å². The van der Waals surface area contributed by atoms with Gasteiger partial charge in [-0.3, -0.25) is 4.79 Å². The number of fused-ring (bicyclic) bond motifs is 1. The highest BCUT2D eigenvalue weighted by atomic mass is 16.7. The van der Waals surface area contributed by atoms with E-state index in [2.05, 4.69) is 0 Å². The average Bonchev–Trinajstić information content (AvgIpc) is 3.05. The van der Waals surface area contributed by atoms with Crippen LogP contribution in [-0.2, 0) is 6.42 Å². The lowest BCUT2D eigenvalue weighted by Crippen LogP contribution is -2.00. The molecule has 1 aliphatic rings. The molecule has 1 heterocycles. The second-order valence-corrected chi connectivity index (χ2v) is 4.97. The SMILES string of the molecule is COc1ccc(Cc2c(C=O)ccc3c2OCO3)c(O)c1OC. The van der Waals surface area contributed by atoms with Gasteiger partial charge in [-0.15, -0.1) is 0 Å². The van der Waals surface area contributed by atoms with E-state index in [1.165, 1.54) is 14.2 Å². The Bertz CT molecular complexity index is 753. The van der Waals surface area contributed by atoms with Crippen LogP contribution < -0.4 is 18.9 Å². The summed E-state index contributed by atoms with van der Waals surface area (Å²) in [7, 11) is 2.95. The van der Waals surface area contributed by atoms with Gasteiger partial charge in [0.2, 0.25) is 12.5 Å². The zero-order valence-electron chi connectivity index (χ0n) is 12.8. The molecule has 23 heavy (non-hydrogen) atoms. The van der Waals surface area contributed by atoms with Crippen molar-refractivity contribution in [3.8, 4) is 28.7 Å². The van der Waals surface area contributed by atoms with Crippen LogP contribution in [0.1, 0.15) is 21.5 Å². The number of aldehydes is 1. The summed E-state index contributed by atoms with van der Waals surface area (Å²) in [5, 5.41) is 10.4. The van der Waals surface area contributed by atoms with Crippen molar-refractivity contribution < 1.29 is 28.8 Å². The Morgan fingerprint density at radius 1 is 1.17 bits per heavy atom. The van der Waals surface area contributed by atoms with Crippen LogP contribution in [0, 0.1) is 0 Å². The molecule has 2 aromatic carbocycles. The van der Waals surface area contributed by atoms with E-state index in [-0.39, 0.29) is 18.3 Å². The Balaban J connectivity index is 2.07. The zero-order chi connectivity index (χ0) is 16.4. The molecule has 0 aliphatic carbocycles. The number of phenolic OH excluding ortho intramolecular Hbond substituents is 1. The van der Waals surface area contributed by atoms with Gasteiger partial charge in [0, 0.05) is 23.1 Å². The third kappa shape index (κ3) is 2.52. The number of aromatic hydroxyl groups is 1. The molecular weight excluding hydrogens is 300 g/mol. The number of hydrogen-bond donors (Lipinski definition) is 1. The van der Waals surface area contributed by atoms with E-state index in [0.717, 1.165) is 6.29 Å².